The Balaban J connectivity index is 0.00000183. The summed E-state index contributed by atoms with van der Waals surface area (Å²) in [5, 5.41) is 15.2. The van der Waals surface area contributed by atoms with Crippen molar-refractivity contribution in [1.82, 2.24) is 16.0 Å². The molecule has 2 aliphatic carbocycles. The number of carboxylic acids is 1. The third kappa shape index (κ3) is 22.5. The largest absolute Gasteiger partial charge is 2.00 e. The molecule has 0 heterocycles. The molecule has 0 spiro atoms. The van der Waals surface area contributed by atoms with Gasteiger partial charge in [0.25, 0.3) is 0 Å². The topological polar surface area (TPSA) is 296 Å². The van der Waals surface area contributed by atoms with Crippen LogP contribution in [0.1, 0.15) is 31.2 Å². The minimum Gasteiger partial charge on any atom is -0.475 e. The summed E-state index contributed by atoms with van der Waals surface area (Å²) in [4.78, 5) is 68.3. The molecule has 3 atom stereocenters. The zero-order valence-corrected chi connectivity index (χ0v) is 30.0. The Morgan fingerprint density at radius 3 is 1.46 bits per heavy atom. The van der Waals surface area contributed by atoms with Gasteiger partial charge in [0.05, 0.1) is 5.92 Å². The molecule has 295 valence electrons. The van der Waals surface area contributed by atoms with Crippen LogP contribution < -0.4 is 44.6 Å². The number of primary amides is 1. The van der Waals surface area contributed by atoms with E-state index in [0.717, 1.165) is 5.56 Å². The number of aliphatic carboxylic acids is 1. The van der Waals surface area contributed by atoms with E-state index >= 15 is 0 Å². The van der Waals surface area contributed by atoms with Crippen LogP contribution in [0.15, 0.2) is 40.3 Å². The predicted octanol–water partition coefficient (Wildman–Crippen LogP) is -0.667. The Kier molecular flexibility index (Phi) is 24.8. The molecule has 2 fully saturated rings. The number of halogens is 3. The molecule has 16 nitrogen and oxygen atoms in total. The molecule has 0 aliphatic heterocycles. The summed E-state index contributed by atoms with van der Waals surface area (Å²) in [7, 11) is 0. The van der Waals surface area contributed by atoms with Crippen molar-refractivity contribution in [2.45, 2.75) is 56.4 Å². The molecule has 4 amide bonds. The van der Waals surface area contributed by atoms with Crippen molar-refractivity contribution >= 4 is 41.5 Å². The number of amides is 4. The fraction of sp³-hybridized carbons (Fsp3) is 0.324. The number of carbonyl (C=O) groups excluding carboxylic acids is 4. The molecule has 0 aromatic heterocycles. The molecule has 0 bridgehead atoms. The van der Waals surface area contributed by atoms with Crippen LogP contribution in [0, 0.1) is 63.7 Å². The minimum atomic E-state index is -5.08. The van der Waals surface area contributed by atoms with Crippen LogP contribution >= 0.6 is 0 Å². The van der Waals surface area contributed by atoms with Crippen LogP contribution in [0.25, 0.3) is 0 Å². The Morgan fingerprint density at radius 1 is 0.667 bits per heavy atom. The zero-order chi connectivity index (χ0) is 39.8. The molecule has 14 N–H and O–H groups in total. The van der Waals surface area contributed by atoms with E-state index < -0.39 is 53.9 Å². The average molecular weight is 806 g/mol. The third-order valence-corrected chi connectivity index (χ3v) is 6.81. The van der Waals surface area contributed by atoms with Crippen LogP contribution in [-0.4, -0.2) is 84.0 Å². The number of nitrogens with zero attached hydrogens (tertiary/aromatic N) is 2. The van der Waals surface area contributed by atoms with Gasteiger partial charge in [0.2, 0.25) is 23.6 Å². The summed E-state index contributed by atoms with van der Waals surface area (Å²) in [6.45, 7) is 0.446. The molecule has 2 saturated carbocycles. The number of hydrogen-bond acceptors (Lipinski definition) is 7. The van der Waals surface area contributed by atoms with Gasteiger partial charge in [0.15, 0.2) is 11.9 Å². The summed E-state index contributed by atoms with van der Waals surface area (Å²) in [6.07, 6.45) is 12.7. The van der Waals surface area contributed by atoms with Gasteiger partial charge < -0.3 is 49.7 Å². The second kappa shape index (κ2) is 27.1. The third-order valence-electron chi connectivity index (χ3n) is 6.81. The maximum absolute atomic E-state index is 13.4. The van der Waals surface area contributed by atoms with Gasteiger partial charge in [-0.1, -0.05) is 30.3 Å². The summed E-state index contributed by atoms with van der Waals surface area (Å²) in [6, 6.07) is 5.94. The van der Waals surface area contributed by atoms with Crippen molar-refractivity contribution < 1.29 is 59.0 Å². The molecule has 0 saturated heterocycles. The van der Waals surface area contributed by atoms with Gasteiger partial charge in [0.1, 0.15) is 18.1 Å². The molecular formula is C34H45CoF3N10O6+2. The van der Waals surface area contributed by atoms with E-state index in [1.54, 1.807) is 49.9 Å². The predicted molar refractivity (Wildman–Crippen MR) is 191 cm³/mol. The van der Waals surface area contributed by atoms with Crippen LogP contribution in [0.4, 0.5) is 13.2 Å². The van der Waals surface area contributed by atoms with Gasteiger partial charge in [-0.05, 0) is 89.0 Å². The second-order valence-electron chi connectivity index (χ2n) is 11.1. The van der Waals surface area contributed by atoms with Crippen molar-refractivity contribution in [3.63, 3.8) is 0 Å². The minimum absolute atomic E-state index is 0. The quantitative estimate of drug-likeness (QED) is 0.0544. The SMILES string of the molecule is NC(=O)[C@H](Cc1ccccc1)NC(=O)[C@H](CCCN=C(N)N)NC(=O)[C@H](CCCN=C(N)N)NC(=O)[C]1[CH][CH][CH][CH]1.O=C(O)C(F)(F)F.[CH]1[CH][CH][CH][CH]1.[Co+2]. The molecule has 0 unspecified atom stereocenters. The van der Waals surface area contributed by atoms with Gasteiger partial charge in [-0.3, -0.25) is 29.2 Å². The molecule has 1 aromatic carbocycles. The fourth-order valence-electron chi connectivity index (χ4n) is 4.25. The smallest absolute Gasteiger partial charge is 0.475 e. The zero-order valence-electron chi connectivity index (χ0n) is 29.0. The number of carboxylic acid groups (broad SMARTS) is 1. The van der Waals surface area contributed by atoms with Crippen molar-refractivity contribution in [2.24, 2.45) is 38.7 Å². The van der Waals surface area contributed by atoms with E-state index in [-0.39, 0.29) is 61.0 Å². The number of guanidine groups is 2. The molecular weight excluding hydrogens is 760 g/mol. The Hall–Kier alpha value is -4.59. The number of hydrogen-bond donors (Lipinski definition) is 9. The summed E-state index contributed by atoms with van der Waals surface area (Å²) in [5.41, 5.74) is 27.9. The van der Waals surface area contributed by atoms with Gasteiger partial charge in [-0.25, -0.2) is 4.79 Å². The first-order valence-corrected chi connectivity index (χ1v) is 16.0. The van der Waals surface area contributed by atoms with Gasteiger partial charge in [-0.15, -0.1) is 0 Å². The van der Waals surface area contributed by atoms with E-state index in [9.17, 15) is 32.3 Å². The van der Waals surface area contributed by atoms with Crippen molar-refractivity contribution in [3.8, 4) is 0 Å². The molecule has 2 aliphatic rings. The first-order chi connectivity index (χ1) is 25.0. The van der Waals surface area contributed by atoms with Crippen molar-refractivity contribution in [3.05, 3.63) is 99.6 Å². The van der Waals surface area contributed by atoms with Gasteiger partial charge in [-0.2, -0.15) is 13.2 Å². The van der Waals surface area contributed by atoms with E-state index in [1.807, 2.05) is 38.2 Å². The van der Waals surface area contributed by atoms with Gasteiger partial charge in [0, 0.05) is 19.5 Å². The standard InChI is InChI=1S/C27H39N10O4.C5H5.C2HF3O2.Co/c28-22(38)21(16-17-8-2-1-3-9-17)37-25(41)20(13-7-15-34-27(31)32)36-24(40)19(12-6-14-33-26(29)30)35-23(39)18-10-4-5-11-18;1-2-4-5-3-1;3-2(4,5)1(6)7;/h1-5,8-11,19-21H,6-7,12-16H2,(H2,28,38)(H,35,39)(H,36,40)(H,37,41)(H4,29,30,33)(H4,31,32,34);1-5H;(H,6,7);/q;;;+2/t19-,20-,21-;;;/m0.../s1. The summed E-state index contributed by atoms with van der Waals surface area (Å²) in [5.74, 6) is -4.99. The maximum Gasteiger partial charge on any atom is 2.00 e. The molecule has 54 heavy (non-hydrogen) atoms. The van der Waals surface area contributed by atoms with Crippen LogP contribution in [0.3, 0.4) is 0 Å². The van der Waals surface area contributed by atoms with E-state index in [4.69, 9.17) is 38.6 Å². The molecule has 3 rings (SSSR count). The van der Waals surface area contributed by atoms with Crippen molar-refractivity contribution in [2.75, 3.05) is 13.1 Å². The number of carbonyl (C=O) groups is 5. The Labute approximate surface area is 323 Å². The second-order valence-corrected chi connectivity index (χ2v) is 11.1. The van der Waals surface area contributed by atoms with Gasteiger partial charge >= 0.3 is 28.9 Å². The maximum atomic E-state index is 13.4. The first kappa shape index (κ1) is 49.4. The number of nitrogens with two attached hydrogens (primary N) is 5. The number of nitrogens with one attached hydrogen (secondary N) is 3. The molecule has 11 radical (unpaired) electrons. The van der Waals surface area contributed by atoms with Crippen molar-refractivity contribution in [1.29, 1.82) is 0 Å². The van der Waals surface area contributed by atoms with Crippen LogP contribution in [0.5, 0.6) is 0 Å². The Morgan fingerprint density at radius 2 is 1.07 bits per heavy atom. The van der Waals surface area contributed by atoms with E-state index in [0.29, 0.717) is 18.8 Å². The first-order valence-electron chi connectivity index (χ1n) is 16.0. The number of benzene rings is 1. The van der Waals surface area contributed by atoms with E-state index in [2.05, 4.69) is 25.9 Å². The Bertz CT molecular complexity index is 1350. The number of aliphatic imine (C=N–C) groups is 2. The number of alkyl halides is 3. The monoisotopic (exact) mass is 805 g/mol. The average Bonchev–Trinajstić information content (AvgIpc) is 3.85. The molecule has 20 heteroatoms. The normalized spacial score (nSPS) is 15.2. The summed E-state index contributed by atoms with van der Waals surface area (Å²) < 4.78 is 31.7. The number of rotatable bonds is 17. The fourth-order valence-corrected chi connectivity index (χ4v) is 4.25. The summed E-state index contributed by atoms with van der Waals surface area (Å²) >= 11 is 0. The van der Waals surface area contributed by atoms with E-state index in [1.165, 1.54) is 0 Å². The molecule has 1 aromatic rings. The van der Waals surface area contributed by atoms with Crippen LogP contribution in [0.2, 0.25) is 0 Å². The van der Waals surface area contributed by atoms with Crippen LogP contribution in [-0.2, 0) is 47.2 Å².